The number of thioether (sulfide) groups is 1. The van der Waals surface area contributed by atoms with Gasteiger partial charge in [0.25, 0.3) is 0 Å². The zero-order valence-corrected chi connectivity index (χ0v) is 16.3. The summed E-state index contributed by atoms with van der Waals surface area (Å²) in [5.74, 6) is 1.62. The van der Waals surface area contributed by atoms with Crippen LogP contribution < -0.4 is 4.90 Å². The lowest BCUT2D eigenvalue weighted by atomic mass is 9.97. The number of aromatic nitrogens is 2. The fourth-order valence-electron chi connectivity index (χ4n) is 2.90. The molecule has 0 unspecified atom stereocenters. The van der Waals surface area contributed by atoms with Gasteiger partial charge < -0.3 is 9.64 Å². The Morgan fingerprint density at radius 2 is 1.92 bits per heavy atom. The van der Waals surface area contributed by atoms with Crippen molar-refractivity contribution in [2.24, 2.45) is 5.92 Å². The predicted octanol–water partition coefficient (Wildman–Crippen LogP) is 4.20. The topological polar surface area (TPSA) is 55.3 Å². The monoisotopic (exact) mass is 391 g/mol. The first-order valence-electron chi connectivity index (χ1n) is 8.78. The van der Waals surface area contributed by atoms with Gasteiger partial charge in [-0.1, -0.05) is 35.5 Å². The highest BCUT2D eigenvalue weighted by molar-refractivity contribution is 7.98. The van der Waals surface area contributed by atoms with Crippen LogP contribution in [0.3, 0.4) is 0 Å². The molecule has 26 heavy (non-hydrogen) atoms. The van der Waals surface area contributed by atoms with Gasteiger partial charge >= 0.3 is 5.97 Å². The highest BCUT2D eigenvalue weighted by Gasteiger charge is 2.26. The lowest BCUT2D eigenvalue weighted by Crippen LogP contribution is -2.37. The second kappa shape index (κ2) is 9.24. The second-order valence-electron chi connectivity index (χ2n) is 6.16. The number of nitrogens with zero attached hydrogens (tertiary/aromatic N) is 3. The standard InChI is InChI=1S/C19H22ClN3O2S/c1-2-25-19(24)15-9-11-23(12-10-15)17-7-8-18(22-21-17)26-13-14-3-5-16(20)6-4-14/h3-8,15H,2,9-13H2,1H3. The van der Waals surface area contributed by atoms with E-state index in [1.165, 1.54) is 5.56 Å². The van der Waals surface area contributed by atoms with E-state index in [1.54, 1.807) is 11.8 Å². The van der Waals surface area contributed by atoms with Crippen molar-refractivity contribution >= 4 is 35.1 Å². The van der Waals surface area contributed by atoms with Crippen LogP contribution >= 0.6 is 23.4 Å². The summed E-state index contributed by atoms with van der Waals surface area (Å²) in [7, 11) is 0. The molecule has 2 aromatic rings. The molecule has 1 aromatic carbocycles. The number of halogens is 1. The highest BCUT2D eigenvalue weighted by atomic mass is 35.5. The van der Waals surface area contributed by atoms with Gasteiger partial charge in [0.15, 0.2) is 5.82 Å². The molecule has 5 nitrogen and oxygen atoms in total. The number of hydrogen-bond donors (Lipinski definition) is 0. The van der Waals surface area contributed by atoms with Crippen LogP contribution in [0.15, 0.2) is 41.4 Å². The van der Waals surface area contributed by atoms with Gasteiger partial charge in [-0.2, -0.15) is 0 Å². The molecule has 0 saturated carbocycles. The molecule has 1 aromatic heterocycles. The maximum atomic E-state index is 11.8. The third-order valence-electron chi connectivity index (χ3n) is 4.36. The number of anilines is 1. The summed E-state index contributed by atoms with van der Waals surface area (Å²) in [6.45, 7) is 3.89. The molecule has 0 aliphatic carbocycles. The van der Waals surface area contributed by atoms with Gasteiger partial charge in [0.1, 0.15) is 5.03 Å². The number of carbonyl (C=O) groups excluding carboxylic acids is 1. The van der Waals surface area contributed by atoms with Gasteiger partial charge in [-0.25, -0.2) is 0 Å². The summed E-state index contributed by atoms with van der Waals surface area (Å²) >= 11 is 7.55. The molecule has 138 valence electrons. The van der Waals surface area contributed by atoms with Crippen molar-refractivity contribution in [1.82, 2.24) is 10.2 Å². The van der Waals surface area contributed by atoms with Gasteiger partial charge in [-0.15, -0.1) is 10.2 Å². The van der Waals surface area contributed by atoms with E-state index in [-0.39, 0.29) is 11.9 Å². The Bertz CT molecular complexity index is 717. The zero-order valence-electron chi connectivity index (χ0n) is 14.7. The van der Waals surface area contributed by atoms with E-state index in [0.717, 1.165) is 47.6 Å². The Morgan fingerprint density at radius 1 is 1.19 bits per heavy atom. The minimum Gasteiger partial charge on any atom is -0.466 e. The number of esters is 1. The summed E-state index contributed by atoms with van der Waals surface area (Å²) in [5.41, 5.74) is 1.20. The molecule has 0 bridgehead atoms. The van der Waals surface area contributed by atoms with E-state index in [2.05, 4.69) is 15.1 Å². The van der Waals surface area contributed by atoms with Gasteiger partial charge in [-0.05, 0) is 49.6 Å². The van der Waals surface area contributed by atoms with E-state index in [9.17, 15) is 4.79 Å². The molecule has 0 spiro atoms. The Kier molecular flexibility index (Phi) is 6.74. The molecule has 2 heterocycles. The van der Waals surface area contributed by atoms with Crippen LogP contribution in [0.4, 0.5) is 5.82 Å². The molecule has 0 atom stereocenters. The maximum Gasteiger partial charge on any atom is 0.309 e. The molecule has 1 aliphatic heterocycles. The van der Waals surface area contributed by atoms with Crippen LogP contribution in [0.1, 0.15) is 25.3 Å². The molecule has 3 rings (SSSR count). The third kappa shape index (κ3) is 5.11. The van der Waals surface area contributed by atoms with E-state index in [0.29, 0.717) is 6.61 Å². The molecule has 0 N–H and O–H groups in total. The normalized spacial score (nSPS) is 15.1. The largest absolute Gasteiger partial charge is 0.466 e. The average Bonchev–Trinajstić information content (AvgIpc) is 2.68. The van der Waals surface area contributed by atoms with Crippen LogP contribution in [0.25, 0.3) is 0 Å². The number of hydrogen-bond acceptors (Lipinski definition) is 6. The molecular formula is C19H22ClN3O2S. The fraction of sp³-hybridized carbons (Fsp3) is 0.421. The second-order valence-corrected chi connectivity index (χ2v) is 7.59. The smallest absolute Gasteiger partial charge is 0.309 e. The Labute approximate surface area is 163 Å². The van der Waals surface area contributed by atoms with E-state index >= 15 is 0 Å². The van der Waals surface area contributed by atoms with Crippen molar-refractivity contribution in [2.75, 3.05) is 24.6 Å². The molecular weight excluding hydrogens is 370 g/mol. The number of rotatable bonds is 6. The lowest BCUT2D eigenvalue weighted by Gasteiger charge is -2.31. The number of benzene rings is 1. The van der Waals surface area contributed by atoms with Crippen molar-refractivity contribution in [3.05, 3.63) is 47.0 Å². The molecule has 1 saturated heterocycles. The Hall–Kier alpha value is -1.79. The van der Waals surface area contributed by atoms with Gasteiger partial charge in [0.2, 0.25) is 0 Å². The van der Waals surface area contributed by atoms with Crippen molar-refractivity contribution in [3.63, 3.8) is 0 Å². The van der Waals surface area contributed by atoms with Crippen molar-refractivity contribution < 1.29 is 9.53 Å². The quantitative estimate of drug-likeness (QED) is 0.543. The first-order valence-corrected chi connectivity index (χ1v) is 10.1. The molecule has 7 heteroatoms. The summed E-state index contributed by atoms with van der Waals surface area (Å²) in [4.78, 5) is 14.0. The van der Waals surface area contributed by atoms with Crippen LogP contribution in [0.2, 0.25) is 5.02 Å². The summed E-state index contributed by atoms with van der Waals surface area (Å²) < 4.78 is 5.11. The van der Waals surface area contributed by atoms with Crippen LogP contribution in [0, 0.1) is 5.92 Å². The van der Waals surface area contributed by atoms with Crippen molar-refractivity contribution in [1.29, 1.82) is 0 Å². The van der Waals surface area contributed by atoms with Crippen molar-refractivity contribution in [2.45, 2.75) is 30.5 Å². The maximum absolute atomic E-state index is 11.8. The molecule has 1 fully saturated rings. The summed E-state index contributed by atoms with van der Waals surface area (Å²) in [5, 5.41) is 10.3. The first-order chi connectivity index (χ1) is 12.7. The first kappa shape index (κ1) is 19.0. The van der Waals surface area contributed by atoms with Crippen molar-refractivity contribution in [3.8, 4) is 0 Å². The van der Waals surface area contributed by atoms with E-state index < -0.39 is 0 Å². The van der Waals surface area contributed by atoms with Crippen LogP contribution in [-0.2, 0) is 15.3 Å². The Balaban J connectivity index is 1.50. The minimum atomic E-state index is -0.0767. The SMILES string of the molecule is CCOC(=O)C1CCN(c2ccc(SCc3ccc(Cl)cc3)nn2)CC1. The van der Waals surface area contributed by atoms with Gasteiger partial charge in [0.05, 0.1) is 12.5 Å². The van der Waals surface area contributed by atoms with Gasteiger partial charge in [-0.3, -0.25) is 4.79 Å². The lowest BCUT2D eigenvalue weighted by molar-refractivity contribution is -0.148. The minimum absolute atomic E-state index is 0.00774. The predicted molar refractivity (Wildman–Crippen MR) is 105 cm³/mol. The number of ether oxygens (including phenoxy) is 1. The molecule has 1 aliphatic rings. The Morgan fingerprint density at radius 3 is 2.54 bits per heavy atom. The molecule has 0 amide bonds. The molecule has 0 radical (unpaired) electrons. The zero-order chi connectivity index (χ0) is 18.4. The van der Waals surface area contributed by atoms with E-state index in [1.807, 2.05) is 43.3 Å². The van der Waals surface area contributed by atoms with E-state index in [4.69, 9.17) is 16.3 Å². The van der Waals surface area contributed by atoms with Crippen LogP contribution in [-0.4, -0.2) is 35.9 Å². The average molecular weight is 392 g/mol. The van der Waals surface area contributed by atoms with Crippen LogP contribution in [0.5, 0.6) is 0 Å². The summed E-state index contributed by atoms with van der Waals surface area (Å²) in [6.07, 6.45) is 1.60. The third-order valence-corrected chi connectivity index (χ3v) is 5.61. The van der Waals surface area contributed by atoms with Gasteiger partial charge in [0, 0.05) is 23.9 Å². The highest BCUT2D eigenvalue weighted by Crippen LogP contribution is 2.25. The number of carbonyl (C=O) groups is 1. The summed E-state index contributed by atoms with van der Waals surface area (Å²) in [6, 6.07) is 11.8. The number of piperidine rings is 1. The fourth-order valence-corrected chi connectivity index (χ4v) is 3.80.